The molecular formula is C21H24N2O6S. The zero-order valence-corrected chi connectivity index (χ0v) is 17.6. The lowest BCUT2D eigenvalue weighted by atomic mass is 10.2. The molecule has 0 aromatic heterocycles. The van der Waals surface area contributed by atoms with Gasteiger partial charge in [-0.25, -0.2) is 12.7 Å². The summed E-state index contributed by atoms with van der Waals surface area (Å²) in [5.41, 5.74) is 0.172. The quantitative estimate of drug-likeness (QED) is 0.652. The fraction of sp³-hybridized carbons (Fsp3) is 0.333. The Morgan fingerprint density at radius 3 is 2.43 bits per heavy atom. The number of hydrogen-bond donors (Lipinski definition) is 1. The molecule has 2 aromatic rings. The lowest BCUT2D eigenvalue weighted by Gasteiger charge is -2.17. The van der Waals surface area contributed by atoms with Crippen molar-refractivity contribution in [3.05, 3.63) is 54.1 Å². The standard InChI is InChI=1S/C21H24N2O6S/c1-15(14-29-17-11-9-16(28-2)10-12-17)22-20(24)8-5-13-23-21(25)18-6-3-4-7-19(18)30(23,26)27/h3-4,6-7,9-12,15H,5,8,13-14H2,1-2H3,(H,22,24)/t15-/m1/s1. The molecule has 9 heteroatoms. The molecule has 160 valence electrons. The van der Waals surface area contributed by atoms with Crippen LogP contribution in [0.5, 0.6) is 11.5 Å². The minimum Gasteiger partial charge on any atom is -0.497 e. The SMILES string of the molecule is COc1ccc(OC[C@@H](C)NC(=O)CCCN2C(=O)c3ccccc3S2(=O)=O)cc1. The normalized spacial score (nSPS) is 15.4. The molecule has 0 aliphatic carbocycles. The van der Waals surface area contributed by atoms with Crippen molar-refractivity contribution in [3.63, 3.8) is 0 Å². The van der Waals surface area contributed by atoms with Crippen LogP contribution in [-0.2, 0) is 14.8 Å². The molecule has 3 rings (SSSR count). The van der Waals surface area contributed by atoms with Crippen molar-refractivity contribution in [2.24, 2.45) is 0 Å². The molecule has 0 bridgehead atoms. The summed E-state index contributed by atoms with van der Waals surface area (Å²) in [5.74, 6) is 0.606. The summed E-state index contributed by atoms with van der Waals surface area (Å²) >= 11 is 0. The Kier molecular flexibility index (Phi) is 6.61. The van der Waals surface area contributed by atoms with Crippen LogP contribution < -0.4 is 14.8 Å². The van der Waals surface area contributed by atoms with E-state index in [1.807, 2.05) is 6.92 Å². The summed E-state index contributed by atoms with van der Waals surface area (Å²) in [6, 6.07) is 13.0. The Labute approximate surface area is 175 Å². The van der Waals surface area contributed by atoms with Crippen LogP contribution in [0.3, 0.4) is 0 Å². The summed E-state index contributed by atoms with van der Waals surface area (Å²) in [6.45, 7) is 2.05. The van der Waals surface area contributed by atoms with Crippen LogP contribution in [0, 0.1) is 0 Å². The minimum absolute atomic E-state index is 0.0174. The third kappa shape index (κ3) is 4.73. The number of nitrogens with zero attached hydrogens (tertiary/aromatic N) is 1. The van der Waals surface area contributed by atoms with E-state index < -0.39 is 15.9 Å². The molecule has 0 saturated carbocycles. The van der Waals surface area contributed by atoms with Gasteiger partial charge in [0.1, 0.15) is 23.0 Å². The van der Waals surface area contributed by atoms with Gasteiger partial charge >= 0.3 is 0 Å². The summed E-state index contributed by atoms with van der Waals surface area (Å²) in [5, 5.41) is 2.81. The van der Waals surface area contributed by atoms with Crippen LogP contribution >= 0.6 is 0 Å². The van der Waals surface area contributed by atoms with Crippen LogP contribution in [0.25, 0.3) is 0 Å². The zero-order chi connectivity index (χ0) is 21.7. The number of ether oxygens (including phenoxy) is 2. The number of hydrogen-bond acceptors (Lipinski definition) is 6. The maximum Gasteiger partial charge on any atom is 0.269 e. The van der Waals surface area contributed by atoms with Crippen molar-refractivity contribution in [1.29, 1.82) is 0 Å². The van der Waals surface area contributed by atoms with Crippen molar-refractivity contribution in [1.82, 2.24) is 9.62 Å². The smallest absolute Gasteiger partial charge is 0.269 e. The molecule has 1 atom stereocenters. The first-order valence-corrected chi connectivity index (χ1v) is 11.0. The lowest BCUT2D eigenvalue weighted by Crippen LogP contribution is -2.37. The number of sulfonamides is 1. The highest BCUT2D eigenvalue weighted by Crippen LogP contribution is 2.30. The van der Waals surface area contributed by atoms with Gasteiger partial charge < -0.3 is 14.8 Å². The highest BCUT2D eigenvalue weighted by atomic mass is 32.2. The number of methoxy groups -OCH3 is 1. The van der Waals surface area contributed by atoms with E-state index in [9.17, 15) is 18.0 Å². The monoisotopic (exact) mass is 432 g/mol. The van der Waals surface area contributed by atoms with E-state index in [0.29, 0.717) is 5.75 Å². The number of rotatable bonds is 9. The van der Waals surface area contributed by atoms with Crippen LogP contribution in [-0.4, -0.2) is 50.8 Å². The Hall–Kier alpha value is -3.07. The molecule has 2 aromatic carbocycles. The van der Waals surface area contributed by atoms with Gasteiger partial charge in [0, 0.05) is 13.0 Å². The predicted molar refractivity (Wildman–Crippen MR) is 110 cm³/mol. The summed E-state index contributed by atoms with van der Waals surface area (Å²) in [6.07, 6.45) is 0.333. The molecule has 0 fully saturated rings. The van der Waals surface area contributed by atoms with Gasteiger partial charge in [0.05, 0.1) is 18.7 Å². The van der Waals surface area contributed by atoms with Gasteiger partial charge in [-0.15, -0.1) is 0 Å². The van der Waals surface area contributed by atoms with Crippen molar-refractivity contribution in [2.75, 3.05) is 20.3 Å². The second-order valence-electron chi connectivity index (χ2n) is 6.94. The fourth-order valence-corrected chi connectivity index (χ4v) is 4.72. The van der Waals surface area contributed by atoms with Gasteiger partial charge in [-0.2, -0.15) is 0 Å². The van der Waals surface area contributed by atoms with E-state index >= 15 is 0 Å². The van der Waals surface area contributed by atoms with E-state index in [1.54, 1.807) is 43.5 Å². The predicted octanol–water partition coefficient (Wildman–Crippen LogP) is 2.20. The highest BCUT2D eigenvalue weighted by Gasteiger charge is 2.40. The molecular weight excluding hydrogens is 408 g/mol. The average Bonchev–Trinajstić information content (AvgIpc) is 2.93. The van der Waals surface area contributed by atoms with Gasteiger partial charge in [-0.3, -0.25) is 9.59 Å². The van der Waals surface area contributed by atoms with Crippen molar-refractivity contribution >= 4 is 21.8 Å². The summed E-state index contributed by atoms with van der Waals surface area (Å²) < 4.78 is 36.5. The van der Waals surface area contributed by atoms with Crippen molar-refractivity contribution < 1.29 is 27.5 Å². The number of amides is 2. The summed E-state index contributed by atoms with van der Waals surface area (Å²) in [7, 11) is -2.25. The van der Waals surface area contributed by atoms with Crippen molar-refractivity contribution in [2.45, 2.75) is 30.7 Å². The topological polar surface area (TPSA) is 102 Å². The average molecular weight is 432 g/mol. The number of carbonyl (C=O) groups is 2. The lowest BCUT2D eigenvalue weighted by molar-refractivity contribution is -0.122. The molecule has 30 heavy (non-hydrogen) atoms. The van der Waals surface area contributed by atoms with E-state index in [1.165, 1.54) is 12.1 Å². The van der Waals surface area contributed by atoms with Crippen LogP contribution in [0.1, 0.15) is 30.1 Å². The first-order valence-electron chi connectivity index (χ1n) is 9.55. The summed E-state index contributed by atoms with van der Waals surface area (Å²) in [4.78, 5) is 24.5. The maximum absolute atomic E-state index is 12.5. The third-order valence-corrected chi connectivity index (χ3v) is 6.48. The van der Waals surface area contributed by atoms with E-state index in [-0.39, 0.29) is 48.4 Å². The first kappa shape index (κ1) is 21.6. The zero-order valence-electron chi connectivity index (χ0n) is 16.8. The molecule has 1 heterocycles. The molecule has 1 N–H and O–H groups in total. The van der Waals surface area contributed by atoms with Crippen LogP contribution in [0.4, 0.5) is 0 Å². The molecule has 0 saturated heterocycles. The second kappa shape index (κ2) is 9.17. The molecule has 8 nitrogen and oxygen atoms in total. The maximum atomic E-state index is 12.5. The van der Waals surface area contributed by atoms with Gasteiger partial charge in [-0.05, 0) is 49.7 Å². The molecule has 1 aliphatic heterocycles. The Bertz CT molecular complexity index is 1020. The van der Waals surface area contributed by atoms with Crippen LogP contribution in [0.15, 0.2) is 53.4 Å². The first-order chi connectivity index (χ1) is 14.3. The highest BCUT2D eigenvalue weighted by molar-refractivity contribution is 7.90. The second-order valence-corrected chi connectivity index (χ2v) is 8.77. The number of carbonyl (C=O) groups excluding carboxylic acids is 2. The number of fused-ring (bicyclic) bond motifs is 1. The van der Waals surface area contributed by atoms with Gasteiger partial charge in [0.15, 0.2) is 0 Å². The molecule has 0 spiro atoms. The Balaban J connectivity index is 1.43. The van der Waals surface area contributed by atoms with Gasteiger partial charge in [0.2, 0.25) is 5.91 Å². The molecule has 1 aliphatic rings. The van der Waals surface area contributed by atoms with E-state index in [4.69, 9.17) is 9.47 Å². The van der Waals surface area contributed by atoms with Gasteiger partial charge in [0.25, 0.3) is 15.9 Å². The minimum atomic E-state index is -3.84. The van der Waals surface area contributed by atoms with E-state index in [2.05, 4.69) is 5.32 Å². The molecule has 2 amide bonds. The Morgan fingerprint density at radius 2 is 1.77 bits per heavy atom. The Morgan fingerprint density at radius 1 is 1.10 bits per heavy atom. The fourth-order valence-electron chi connectivity index (χ4n) is 3.12. The number of nitrogens with one attached hydrogen (secondary N) is 1. The van der Waals surface area contributed by atoms with E-state index in [0.717, 1.165) is 10.1 Å². The third-order valence-electron chi connectivity index (χ3n) is 4.64. The molecule has 0 radical (unpaired) electrons. The van der Waals surface area contributed by atoms with Gasteiger partial charge in [-0.1, -0.05) is 12.1 Å². The van der Waals surface area contributed by atoms with Crippen LogP contribution in [0.2, 0.25) is 0 Å². The largest absolute Gasteiger partial charge is 0.497 e. The number of benzene rings is 2. The van der Waals surface area contributed by atoms with Crippen molar-refractivity contribution in [3.8, 4) is 11.5 Å². The molecule has 0 unspecified atom stereocenters.